The lowest BCUT2D eigenvalue weighted by atomic mass is 10.1. The number of nitrogens with zero attached hydrogens (tertiary/aromatic N) is 2. The zero-order valence-electron chi connectivity index (χ0n) is 14.7. The van der Waals surface area contributed by atoms with E-state index < -0.39 is 10.8 Å². The van der Waals surface area contributed by atoms with Gasteiger partial charge < -0.3 is 8.83 Å². The SMILES string of the molecule is O=C(N/N=C/c1ccc(-c2cccc([N+](=O)[O-])c2)o1)c1cc2cc(Cl)ccc2o1. The maximum atomic E-state index is 12.2. The highest BCUT2D eigenvalue weighted by atomic mass is 35.5. The number of hydrazone groups is 1. The minimum absolute atomic E-state index is 0.0338. The van der Waals surface area contributed by atoms with E-state index in [4.69, 9.17) is 20.4 Å². The van der Waals surface area contributed by atoms with E-state index >= 15 is 0 Å². The maximum absolute atomic E-state index is 12.2. The second kappa shape index (κ2) is 7.61. The fraction of sp³-hybridized carbons (Fsp3) is 0. The van der Waals surface area contributed by atoms with Crippen molar-refractivity contribution in [2.24, 2.45) is 5.10 Å². The first-order valence-corrected chi connectivity index (χ1v) is 8.74. The number of hydrogen-bond acceptors (Lipinski definition) is 6. The molecule has 0 saturated carbocycles. The van der Waals surface area contributed by atoms with Crippen LogP contribution in [0.3, 0.4) is 0 Å². The number of nitro groups is 1. The first-order chi connectivity index (χ1) is 14.0. The lowest BCUT2D eigenvalue weighted by Crippen LogP contribution is -2.16. The Balaban J connectivity index is 1.45. The Bertz CT molecular complexity index is 1260. The molecule has 29 heavy (non-hydrogen) atoms. The van der Waals surface area contributed by atoms with E-state index in [0.717, 1.165) is 0 Å². The fourth-order valence-electron chi connectivity index (χ4n) is 2.69. The third kappa shape index (κ3) is 4.02. The van der Waals surface area contributed by atoms with Crippen molar-refractivity contribution >= 4 is 40.4 Å². The smallest absolute Gasteiger partial charge is 0.307 e. The highest BCUT2D eigenvalue weighted by Crippen LogP contribution is 2.25. The second-order valence-corrected chi connectivity index (χ2v) is 6.44. The molecule has 0 atom stereocenters. The van der Waals surface area contributed by atoms with Crippen molar-refractivity contribution in [2.75, 3.05) is 0 Å². The zero-order valence-corrected chi connectivity index (χ0v) is 15.4. The molecule has 0 fully saturated rings. The minimum atomic E-state index is -0.529. The molecule has 1 N–H and O–H groups in total. The summed E-state index contributed by atoms with van der Waals surface area (Å²) in [6.07, 6.45) is 1.32. The Hall–Kier alpha value is -3.91. The van der Waals surface area contributed by atoms with Crippen LogP contribution in [0.15, 0.2) is 74.6 Å². The summed E-state index contributed by atoms with van der Waals surface area (Å²) >= 11 is 5.92. The number of furan rings is 2. The van der Waals surface area contributed by atoms with Gasteiger partial charge in [-0.25, -0.2) is 5.43 Å². The Kier molecular flexibility index (Phi) is 4.84. The van der Waals surface area contributed by atoms with Crippen molar-refractivity contribution in [1.29, 1.82) is 0 Å². The molecule has 0 bridgehead atoms. The van der Waals surface area contributed by atoms with Gasteiger partial charge in [0.2, 0.25) is 0 Å². The molecule has 0 saturated heterocycles. The normalized spacial score (nSPS) is 11.2. The van der Waals surface area contributed by atoms with Gasteiger partial charge in [-0.3, -0.25) is 14.9 Å². The maximum Gasteiger partial charge on any atom is 0.307 e. The van der Waals surface area contributed by atoms with Gasteiger partial charge in [0.1, 0.15) is 17.1 Å². The third-order valence-electron chi connectivity index (χ3n) is 4.03. The molecule has 0 radical (unpaired) electrons. The van der Waals surface area contributed by atoms with Crippen LogP contribution in [0.4, 0.5) is 5.69 Å². The van der Waals surface area contributed by atoms with Crippen LogP contribution in [0.5, 0.6) is 0 Å². The average Bonchev–Trinajstić information content (AvgIpc) is 3.34. The summed E-state index contributed by atoms with van der Waals surface area (Å²) in [7, 11) is 0. The minimum Gasteiger partial charge on any atom is -0.455 e. The van der Waals surface area contributed by atoms with Crippen LogP contribution in [0.2, 0.25) is 5.02 Å². The van der Waals surface area contributed by atoms with Crippen LogP contribution in [-0.2, 0) is 0 Å². The van der Waals surface area contributed by atoms with E-state index in [1.165, 1.54) is 18.3 Å². The molecule has 144 valence electrons. The van der Waals surface area contributed by atoms with Crippen molar-refractivity contribution in [3.8, 4) is 11.3 Å². The second-order valence-electron chi connectivity index (χ2n) is 6.00. The van der Waals surface area contributed by atoms with E-state index in [2.05, 4.69) is 10.5 Å². The van der Waals surface area contributed by atoms with E-state index in [-0.39, 0.29) is 11.4 Å². The molecular formula is C20H12ClN3O5. The zero-order chi connectivity index (χ0) is 20.4. The lowest BCUT2D eigenvalue weighted by molar-refractivity contribution is -0.384. The molecule has 9 heteroatoms. The van der Waals surface area contributed by atoms with E-state index in [9.17, 15) is 14.9 Å². The van der Waals surface area contributed by atoms with Gasteiger partial charge in [-0.2, -0.15) is 5.10 Å². The number of nitrogens with one attached hydrogen (secondary N) is 1. The van der Waals surface area contributed by atoms with Gasteiger partial charge in [-0.05, 0) is 36.4 Å². The number of rotatable bonds is 5. The van der Waals surface area contributed by atoms with Crippen molar-refractivity contribution in [3.05, 3.63) is 87.3 Å². The Morgan fingerprint density at radius 1 is 1.10 bits per heavy atom. The Morgan fingerprint density at radius 2 is 1.97 bits per heavy atom. The fourth-order valence-corrected chi connectivity index (χ4v) is 2.87. The molecule has 0 aliphatic carbocycles. The molecule has 4 rings (SSSR count). The van der Waals surface area contributed by atoms with Gasteiger partial charge in [-0.15, -0.1) is 0 Å². The predicted molar refractivity (Wildman–Crippen MR) is 107 cm³/mol. The quantitative estimate of drug-likeness (QED) is 0.282. The molecule has 0 spiro atoms. The van der Waals surface area contributed by atoms with Crippen LogP contribution >= 0.6 is 11.6 Å². The van der Waals surface area contributed by atoms with Crippen LogP contribution in [0.1, 0.15) is 16.3 Å². The number of amides is 1. The number of halogens is 1. The first kappa shape index (κ1) is 18.5. The number of carbonyl (C=O) groups excluding carboxylic acids is 1. The average molecular weight is 410 g/mol. The summed E-state index contributed by atoms with van der Waals surface area (Å²) in [5.41, 5.74) is 3.41. The molecule has 1 amide bonds. The van der Waals surface area contributed by atoms with Crippen LogP contribution < -0.4 is 5.43 Å². The number of nitro benzene ring substituents is 1. The monoisotopic (exact) mass is 409 g/mol. The van der Waals surface area contributed by atoms with Gasteiger partial charge in [-0.1, -0.05) is 23.7 Å². The van der Waals surface area contributed by atoms with Gasteiger partial charge >= 0.3 is 5.91 Å². The lowest BCUT2D eigenvalue weighted by Gasteiger charge is -1.97. The molecule has 0 aliphatic heterocycles. The van der Waals surface area contributed by atoms with Crippen molar-refractivity contribution in [2.45, 2.75) is 0 Å². The van der Waals surface area contributed by atoms with Crippen molar-refractivity contribution in [1.82, 2.24) is 5.43 Å². The first-order valence-electron chi connectivity index (χ1n) is 8.37. The predicted octanol–water partition coefficient (Wildman–Crippen LogP) is 5.02. The van der Waals surface area contributed by atoms with Gasteiger partial charge in [0.15, 0.2) is 5.76 Å². The summed E-state index contributed by atoms with van der Waals surface area (Å²) in [6, 6.07) is 16.0. The van der Waals surface area contributed by atoms with E-state index in [1.807, 2.05) is 0 Å². The summed E-state index contributed by atoms with van der Waals surface area (Å²) in [6.45, 7) is 0. The molecule has 2 heterocycles. The standard InChI is InChI=1S/C20H12ClN3O5/c21-14-4-6-18-13(8-14)10-19(29-18)20(25)23-22-11-16-5-7-17(28-16)12-2-1-3-15(9-12)24(26)27/h1-11H,(H,23,25)/b22-11+. The van der Waals surface area contributed by atoms with E-state index in [0.29, 0.717) is 33.1 Å². The highest BCUT2D eigenvalue weighted by molar-refractivity contribution is 6.31. The highest BCUT2D eigenvalue weighted by Gasteiger charge is 2.12. The topological polar surface area (TPSA) is 111 Å². The van der Waals surface area contributed by atoms with Gasteiger partial charge in [0.05, 0.1) is 11.1 Å². The van der Waals surface area contributed by atoms with Crippen LogP contribution in [0.25, 0.3) is 22.3 Å². The molecule has 2 aromatic heterocycles. The number of benzene rings is 2. The Morgan fingerprint density at radius 3 is 2.79 bits per heavy atom. The Labute approximate surface area is 168 Å². The number of non-ortho nitro benzene ring substituents is 1. The number of carbonyl (C=O) groups is 1. The largest absolute Gasteiger partial charge is 0.455 e. The molecular weight excluding hydrogens is 398 g/mol. The van der Waals surface area contributed by atoms with Gasteiger partial charge in [0.25, 0.3) is 5.69 Å². The molecule has 0 aliphatic rings. The number of fused-ring (bicyclic) bond motifs is 1. The molecule has 8 nitrogen and oxygen atoms in total. The number of hydrogen-bond donors (Lipinski definition) is 1. The molecule has 0 unspecified atom stereocenters. The molecule has 2 aromatic carbocycles. The summed E-state index contributed by atoms with van der Waals surface area (Å²) in [5.74, 6) is 0.369. The van der Waals surface area contributed by atoms with Gasteiger partial charge in [0, 0.05) is 28.1 Å². The van der Waals surface area contributed by atoms with Crippen LogP contribution in [-0.4, -0.2) is 17.0 Å². The van der Waals surface area contributed by atoms with Crippen LogP contribution in [0, 0.1) is 10.1 Å². The van der Waals surface area contributed by atoms with Crippen molar-refractivity contribution in [3.63, 3.8) is 0 Å². The van der Waals surface area contributed by atoms with E-state index in [1.54, 1.807) is 48.5 Å². The summed E-state index contributed by atoms with van der Waals surface area (Å²) < 4.78 is 11.0. The summed E-state index contributed by atoms with van der Waals surface area (Å²) in [5, 5.41) is 16.0. The summed E-state index contributed by atoms with van der Waals surface area (Å²) in [4.78, 5) is 22.6. The molecule has 4 aromatic rings. The third-order valence-corrected chi connectivity index (χ3v) is 4.26. The van der Waals surface area contributed by atoms with Crippen molar-refractivity contribution < 1.29 is 18.6 Å².